The van der Waals surface area contributed by atoms with Gasteiger partial charge in [0.2, 0.25) is 0 Å². The first-order valence-corrected chi connectivity index (χ1v) is 18.9. The van der Waals surface area contributed by atoms with Gasteiger partial charge in [0.15, 0.2) is 0 Å². The molecular weight excluding hydrogens is 530 g/mol. The number of benzene rings is 2. The molecule has 1 N–H and O–H groups in total. The van der Waals surface area contributed by atoms with Crippen LogP contribution in [0.25, 0.3) is 0 Å². The maximum absolute atomic E-state index is 13.8. The summed E-state index contributed by atoms with van der Waals surface area (Å²) in [5.41, 5.74) is 4.90. The molecule has 1 saturated heterocycles. The van der Waals surface area contributed by atoms with E-state index in [1.165, 1.54) is 74.8 Å². The van der Waals surface area contributed by atoms with Crippen molar-refractivity contribution >= 4 is 32.5 Å². The normalized spacial score (nSPS) is 23.2. The van der Waals surface area contributed by atoms with Crippen LogP contribution in [0.5, 0.6) is 0 Å². The van der Waals surface area contributed by atoms with E-state index in [9.17, 15) is 4.79 Å². The number of hydrogen-bond donors (Lipinski definition) is 1. The first-order chi connectivity index (χ1) is 19.4. The Hall–Kier alpha value is -1.47. The van der Waals surface area contributed by atoms with Crippen molar-refractivity contribution in [3.8, 4) is 0 Å². The summed E-state index contributed by atoms with van der Waals surface area (Å²) < 4.78 is 0. The molecule has 2 amide bonds. The number of nitrogens with one attached hydrogen (secondary N) is 1. The fourth-order valence-corrected chi connectivity index (χ4v) is 14.3. The van der Waals surface area contributed by atoms with Gasteiger partial charge in [0, 0.05) is 12.6 Å². The summed E-state index contributed by atoms with van der Waals surface area (Å²) in [6, 6.07) is 22.2. The maximum Gasteiger partial charge on any atom is 0.341 e. The van der Waals surface area contributed by atoms with Gasteiger partial charge < -0.3 is 4.90 Å². The number of hydroxylamine groups is 1. The van der Waals surface area contributed by atoms with Gasteiger partial charge in [-0.15, -0.1) is 0 Å². The van der Waals surface area contributed by atoms with Gasteiger partial charge in [-0.25, -0.2) is 10.3 Å². The smallest absolute Gasteiger partial charge is 0.319 e. The van der Waals surface area contributed by atoms with E-state index in [0.29, 0.717) is 5.66 Å². The Morgan fingerprint density at radius 3 is 1.77 bits per heavy atom. The van der Waals surface area contributed by atoms with Gasteiger partial charge in [0.25, 0.3) is 0 Å². The minimum atomic E-state index is -0.568. The highest BCUT2D eigenvalue weighted by molar-refractivity contribution is 7.73. The lowest BCUT2D eigenvalue weighted by atomic mass is 9.99. The zero-order valence-electron chi connectivity index (χ0n) is 24.9. The second-order valence-electron chi connectivity index (χ2n) is 13.1. The average Bonchev–Trinajstić information content (AvgIpc) is 3.40. The quantitative estimate of drug-likeness (QED) is 0.253. The molecule has 2 aromatic carbocycles. The molecule has 2 atom stereocenters. The summed E-state index contributed by atoms with van der Waals surface area (Å²) in [6.07, 6.45) is 16.3. The van der Waals surface area contributed by atoms with Crippen LogP contribution in [0.1, 0.15) is 91.4 Å². The summed E-state index contributed by atoms with van der Waals surface area (Å²) in [4.78, 5) is 21.8. The molecule has 3 aliphatic rings. The number of carbonyl (C=O) groups is 1. The van der Waals surface area contributed by atoms with E-state index in [0.717, 1.165) is 30.4 Å². The van der Waals surface area contributed by atoms with E-state index in [1.54, 1.807) is 0 Å². The molecule has 2 aromatic rings. The van der Waals surface area contributed by atoms with Crippen LogP contribution >= 0.6 is 15.8 Å². The van der Waals surface area contributed by atoms with Crippen molar-refractivity contribution in [1.29, 1.82) is 0 Å². The molecule has 4 nitrogen and oxygen atoms in total. The predicted octanol–water partition coefficient (Wildman–Crippen LogP) is 8.15. The fraction of sp³-hybridized carbons (Fsp3) is 0.618. The molecule has 3 fully saturated rings. The first-order valence-electron chi connectivity index (χ1n) is 15.8. The van der Waals surface area contributed by atoms with Crippen LogP contribution in [0.4, 0.5) is 4.79 Å². The highest BCUT2D eigenvalue weighted by Crippen LogP contribution is 2.61. The summed E-state index contributed by atoms with van der Waals surface area (Å²) >= 11 is 0. The standard InChI is InChI=1S/C34H50N2O2P2/c1-34(2,3)38-35-33(37)36-25-32(40(30-20-12-6-13-21-30)31-22-14-7-15-23-31)24-27(36)26-39(28-16-8-4-9-17-28)29-18-10-5-11-19-29/h4-5,8-11,16-19,27,30-32H,6-7,12-15,20-26H2,1-3H3,(H,35,37)/t27-,32-/m1/s1. The Balaban J connectivity index is 1.43. The second kappa shape index (κ2) is 14.1. The summed E-state index contributed by atoms with van der Waals surface area (Å²) in [7, 11) is -0.664. The Kier molecular flexibility index (Phi) is 10.6. The first kappa shape index (κ1) is 30.0. The van der Waals surface area contributed by atoms with E-state index >= 15 is 0 Å². The lowest BCUT2D eigenvalue weighted by molar-refractivity contribution is -0.0586. The lowest BCUT2D eigenvalue weighted by Crippen LogP contribution is -2.47. The minimum absolute atomic E-state index is 0.0410. The SMILES string of the molecule is CC(C)(C)ONC(=O)N1C[C@H](P(C2CCCCC2)C2CCCCC2)C[C@@H]1CP(c1ccccc1)c1ccccc1. The minimum Gasteiger partial charge on any atom is -0.319 e. The van der Waals surface area contributed by atoms with Crippen molar-refractivity contribution < 1.29 is 9.63 Å². The molecule has 40 heavy (non-hydrogen) atoms. The number of rotatable bonds is 8. The number of nitrogens with zero attached hydrogens (tertiary/aromatic N) is 1. The highest BCUT2D eigenvalue weighted by Gasteiger charge is 2.45. The third kappa shape index (κ3) is 7.87. The van der Waals surface area contributed by atoms with E-state index in [-0.39, 0.29) is 20.0 Å². The largest absolute Gasteiger partial charge is 0.341 e. The Bertz CT molecular complexity index is 991. The monoisotopic (exact) mass is 580 g/mol. The maximum atomic E-state index is 13.8. The van der Waals surface area contributed by atoms with Crippen LogP contribution in [-0.2, 0) is 4.84 Å². The molecule has 0 aromatic heterocycles. The van der Waals surface area contributed by atoms with Gasteiger partial charge in [-0.2, -0.15) is 0 Å². The molecule has 0 bridgehead atoms. The summed E-state index contributed by atoms with van der Waals surface area (Å²) in [5, 5.41) is 2.81. The molecule has 1 aliphatic heterocycles. The number of hydrogen-bond acceptors (Lipinski definition) is 2. The number of carbonyl (C=O) groups excluding carboxylic acids is 1. The molecule has 2 aliphatic carbocycles. The fourth-order valence-electron chi connectivity index (χ4n) is 7.22. The van der Waals surface area contributed by atoms with Gasteiger partial charge in [-0.05, 0) is 94.5 Å². The Morgan fingerprint density at radius 2 is 1.30 bits per heavy atom. The van der Waals surface area contributed by atoms with Crippen LogP contribution in [-0.4, -0.2) is 52.3 Å². The Morgan fingerprint density at radius 1 is 0.800 bits per heavy atom. The van der Waals surface area contributed by atoms with Crippen molar-refractivity contribution in [2.75, 3.05) is 12.7 Å². The van der Waals surface area contributed by atoms with Crippen LogP contribution in [0, 0.1) is 0 Å². The predicted molar refractivity (Wildman–Crippen MR) is 173 cm³/mol. The lowest BCUT2D eigenvalue weighted by Gasteiger charge is -2.42. The van der Waals surface area contributed by atoms with Crippen LogP contribution in [0.2, 0.25) is 0 Å². The highest BCUT2D eigenvalue weighted by atomic mass is 31.1. The molecule has 1 heterocycles. The molecule has 0 radical (unpaired) electrons. The molecule has 5 rings (SSSR count). The third-order valence-corrected chi connectivity index (χ3v) is 15.6. The number of amides is 2. The van der Waals surface area contributed by atoms with E-state index in [2.05, 4.69) is 71.0 Å². The third-order valence-electron chi connectivity index (χ3n) is 9.04. The molecular formula is C34H50N2O2P2. The zero-order chi connectivity index (χ0) is 28.0. The van der Waals surface area contributed by atoms with E-state index in [1.807, 2.05) is 20.8 Å². The molecule has 0 unspecified atom stereocenters. The van der Waals surface area contributed by atoms with Crippen molar-refractivity contribution in [1.82, 2.24) is 10.4 Å². The molecule has 218 valence electrons. The van der Waals surface area contributed by atoms with Crippen molar-refractivity contribution in [3.63, 3.8) is 0 Å². The second-order valence-corrected chi connectivity index (χ2v) is 18.5. The van der Waals surface area contributed by atoms with Gasteiger partial charge >= 0.3 is 6.03 Å². The summed E-state index contributed by atoms with van der Waals surface area (Å²) in [6.45, 7) is 6.88. The van der Waals surface area contributed by atoms with Crippen LogP contribution < -0.4 is 16.1 Å². The zero-order valence-corrected chi connectivity index (χ0v) is 26.7. The van der Waals surface area contributed by atoms with Gasteiger partial charge in [-0.1, -0.05) is 107 Å². The van der Waals surface area contributed by atoms with Crippen LogP contribution in [0.15, 0.2) is 60.7 Å². The van der Waals surface area contributed by atoms with E-state index in [4.69, 9.17) is 4.84 Å². The topological polar surface area (TPSA) is 41.6 Å². The number of likely N-dealkylation sites (tertiary alicyclic amines) is 1. The Labute approximate surface area is 245 Å². The van der Waals surface area contributed by atoms with Crippen LogP contribution in [0.3, 0.4) is 0 Å². The molecule has 6 heteroatoms. The van der Waals surface area contributed by atoms with Crippen molar-refractivity contribution in [2.24, 2.45) is 0 Å². The van der Waals surface area contributed by atoms with Gasteiger partial charge in [0.1, 0.15) is 0 Å². The molecule has 0 spiro atoms. The van der Waals surface area contributed by atoms with E-state index < -0.39 is 13.5 Å². The van der Waals surface area contributed by atoms with Crippen molar-refractivity contribution in [2.45, 2.75) is 120 Å². The molecule has 2 saturated carbocycles. The van der Waals surface area contributed by atoms with Gasteiger partial charge in [-0.3, -0.25) is 4.84 Å². The van der Waals surface area contributed by atoms with Crippen molar-refractivity contribution in [3.05, 3.63) is 60.7 Å². The number of urea groups is 1. The van der Waals surface area contributed by atoms with Gasteiger partial charge in [0.05, 0.1) is 5.60 Å². The average molecular weight is 581 g/mol. The summed E-state index contributed by atoms with van der Waals surface area (Å²) in [5.74, 6) is 0.